The standard InChI is InChI=1S/C11H15NO.C2H6/c1-4-9-6-5-7-10(8(9)2)11(13)12-3;1-2/h5-7H,4H2,1-3H3,(H,12,13);1-2H3. The largest absolute Gasteiger partial charge is 0.355 e. The first kappa shape index (κ1) is 13.7. The zero-order valence-corrected chi connectivity index (χ0v) is 10.3. The number of amides is 1. The smallest absolute Gasteiger partial charge is 0.251 e. The maximum absolute atomic E-state index is 11.4. The van der Waals surface area contributed by atoms with Crippen LogP contribution in [0, 0.1) is 6.92 Å². The number of carbonyl (C=O) groups excluding carboxylic acids is 1. The Labute approximate surface area is 92.7 Å². The summed E-state index contributed by atoms with van der Waals surface area (Å²) in [6.45, 7) is 8.08. The van der Waals surface area contributed by atoms with E-state index in [0.717, 1.165) is 17.5 Å². The van der Waals surface area contributed by atoms with Crippen molar-refractivity contribution in [2.24, 2.45) is 0 Å². The summed E-state index contributed by atoms with van der Waals surface area (Å²) in [7, 11) is 1.65. The minimum absolute atomic E-state index is 0.00667. The average Bonchev–Trinajstić information content (AvgIpc) is 2.31. The monoisotopic (exact) mass is 207 g/mol. The average molecular weight is 207 g/mol. The number of rotatable bonds is 2. The fraction of sp³-hybridized carbons (Fsp3) is 0.462. The summed E-state index contributed by atoms with van der Waals surface area (Å²) in [5.41, 5.74) is 3.10. The van der Waals surface area contributed by atoms with Crippen LogP contribution < -0.4 is 5.32 Å². The van der Waals surface area contributed by atoms with E-state index in [1.165, 1.54) is 5.56 Å². The summed E-state index contributed by atoms with van der Waals surface area (Å²) in [4.78, 5) is 11.4. The number of aryl methyl sites for hydroxylation is 1. The molecule has 0 saturated carbocycles. The molecule has 0 bridgehead atoms. The maximum Gasteiger partial charge on any atom is 0.251 e. The zero-order valence-electron chi connectivity index (χ0n) is 10.3. The fourth-order valence-corrected chi connectivity index (χ4v) is 1.45. The number of nitrogens with one attached hydrogen (secondary N) is 1. The van der Waals surface area contributed by atoms with Crippen LogP contribution in [-0.4, -0.2) is 13.0 Å². The first-order valence-corrected chi connectivity index (χ1v) is 5.51. The lowest BCUT2D eigenvalue weighted by Gasteiger charge is -2.08. The van der Waals surface area contributed by atoms with Crippen molar-refractivity contribution in [3.8, 4) is 0 Å². The third kappa shape index (κ3) is 3.39. The molecular formula is C13H21NO. The van der Waals surface area contributed by atoms with Gasteiger partial charge in [-0.1, -0.05) is 32.9 Å². The molecule has 0 atom stereocenters. The molecule has 0 aliphatic rings. The molecule has 0 aliphatic carbocycles. The molecule has 1 rings (SSSR count). The van der Waals surface area contributed by atoms with Crippen molar-refractivity contribution in [1.82, 2.24) is 5.32 Å². The van der Waals surface area contributed by atoms with Gasteiger partial charge in [-0.05, 0) is 30.5 Å². The summed E-state index contributed by atoms with van der Waals surface area (Å²) in [6.07, 6.45) is 0.969. The Hall–Kier alpha value is -1.31. The summed E-state index contributed by atoms with van der Waals surface area (Å²) in [6, 6.07) is 5.84. The Kier molecular flexibility index (Phi) is 6.43. The lowest BCUT2D eigenvalue weighted by atomic mass is 10.0. The van der Waals surface area contributed by atoms with Gasteiger partial charge in [-0.15, -0.1) is 0 Å². The van der Waals surface area contributed by atoms with Gasteiger partial charge in [0.2, 0.25) is 0 Å². The zero-order chi connectivity index (χ0) is 11.8. The predicted octanol–water partition coefficient (Wildman–Crippen LogP) is 2.94. The molecule has 0 aliphatic heterocycles. The van der Waals surface area contributed by atoms with Gasteiger partial charge in [-0.2, -0.15) is 0 Å². The lowest BCUT2D eigenvalue weighted by molar-refractivity contribution is 0.0962. The topological polar surface area (TPSA) is 29.1 Å². The van der Waals surface area contributed by atoms with Crippen molar-refractivity contribution in [3.63, 3.8) is 0 Å². The highest BCUT2D eigenvalue weighted by atomic mass is 16.1. The normalized spacial score (nSPS) is 8.87. The molecule has 1 aromatic carbocycles. The van der Waals surface area contributed by atoms with Crippen molar-refractivity contribution in [1.29, 1.82) is 0 Å². The van der Waals surface area contributed by atoms with Crippen LogP contribution in [0.2, 0.25) is 0 Å². The first-order chi connectivity index (χ1) is 7.20. The van der Waals surface area contributed by atoms with Crippen LogP contribution in [0.5, 0.6) is 0 Å². The highest BCUT2D eigenvalue weighted by Crippen LogP contribution is 2.13. The van der Waals surface area contributed by atoms with E-state index >= 15 is 0 Å². The van der Waals surface area contributed by atoms with Gasteiger partial charge in [0.05, 0.1) is 0 Å². The van der Waals surface area contributed by atoms with Gasteiger partial charge < -0.3 is 5.32 Å². The number of benzene rings is 1. The van der Waals surface area contributed by atoms with Gasteiger partial charge in [0.1, 0.15) is 0 Å². The second-order valence-electron chi connectivity index (χ2n) is 3.02. The highest BCUT2D eigenvalue weighted by molar-refractivity contribution is 5.95. The molecule has 15 heavy (non-hydrogen) atoms. The van der Waals surface area contributed by atoms with Gasteiger partial charge in [-0.25, -0.2) is 0 Å². The van der Waals surface area contributed by atoms with E-state index in [1.807, 2.05) is 32.9 Å². The van der Waals surface area contributed by atoms with E-state index < -0.39 is 0 Å². The van der Waals surface area contributed by atoms with Crippen LogP contribution in [0.1, 0.15) is 42.3 Å². The van der Waals surface area contributed by atoms with E-state index in [4.69, 9.17) is 0 Å². The molecule has 0 radical (unpaired) electrons. The van der Waals surface area contributed by atoms with Crippen LogP contribution in [0.4, 0.5) is 0 Å². The minimum atomic E-state index is -0.00667. The number of carbonyl (C=O) groups is 1. The van der Waals surface area contributed by atoms with Gasteiger partial charge in [0.25, 0.3) is 5.91 Å². The molecule has 0 saturated heterocycles. The van der Waals surface area contributed by atoms with Gasteiger partial charge in [0.15, 0.2) is 0 Å². The Bertz CT molecular complexity index is 318. The van der Waals surface area contributed by atoms with Crippen LogP contribution in [-0.2, 0) is 6.42 Å². The van der Waals surface area contributed by atoms with E-state index in [-0.39, 0.29) is 5.91 Å². The molecule has 0 spiro atoms. The molecule has 84 valence electrons. The summed E-state index contributed by atoms with van der Waals surface area (Å²) >= 11 is 0. The van der Waals surface area contributed by atoms with E-state index in [1.54, 1.807) is 7.05 Å². The second-order valence-corrected chi connectivity index (χ2v) is 3.02. The number of hydrogen-bond acceptors (Lipinski definition) is 1. The molecule has 0 aromatic heterocycles. The maximum atomic E-state index is 11.4. The van der Waals surface area contributed by atoms with Gasteiger partial charge >= 0.3 is 0 Å². The molecular weight excluding hydrogens is 186 g/mol. The van der Waals surface area contributed by atoms with Crippen molar-refractivity contribution in [3.05, 3.63) is 34.9 Å². The SMILES string of the molecule is CC.CCc1cccc(C(=O)NC)c1C. The van der Waals surface area contributed by atoms with E-state index in [0.29, 0.717) is 0 Å². The van der Waals surface area contributed by atoms with Crippen LogP contribution in [0.3, 0.4) is 0 Å². The van der Waals surface area contributed by atoms with Crippen LogP contribution in [0.15, 0.2) is 18.2 Å². The van der Waals surface area contributed by atoms with Crippen molar-refractivity contribution < 1.29 is 4.79 Å². The Balaban J connectivity index is 0.000000921. The third-order valence-corrected chi connectivity index (χ3v) is 2.30. The second kappa shape index (κ2) is 7.04. The van der Waals surface area contributed by atoms with E-state index in [9.17, 15) is 4.79 Å². The molecule has 0 fully saturated rings. The number of hydrogen-bond donors (Lipinski definition) is 1. The third-order valence-electron chi connectivity index (χ3n) is 2.30. The van der Waals surface area contributed by atoms with Gasteiger partial charge in [0, 0.05) is 12.6 Å². The Morgan fingerprint density at radius 3 is 2.40 bits per heavy atom. The Morgan fingerprint density at radius 1 is 1.33 bits per heavy atom. The highest BCUT2D eigenvalue weighted by Gasteiger charge is 2.08. The summed E-state index contributed by atoms with van der Waals surface area (Å²) in [5, 5.41) is 2.63. The molecule has 0 unspecified atom stereocenters. The quantitative estimate of drug-likeness (QED) is 0.793. The molecule has 1 amide bonds. The van der Waals surface area contributed by atoms with E-state index in [2.05, 4.69) is 18.3 Å². The molecule has 0 heterocycles. The van der Waals surface area contributed by atoms with Crippen molar-refractivity contribution in [2.75, 3.05) is 7.05 Å². The predicted molar refractivity (Wildman–Crippen MR) is 65.3 cm³/mol. The Morgan fingerprint density at radius 2 is 1.93 bits per heavy atom. The van der Waals surface area contributed by atoms with Crippen LogP contribution in [0.25, 0.3) is 0 Å². The van der Waals surface area contributed by atoms with Crippen molar-refractivity contribution >= 4 is 5.91 Å². The van der Waals surface area contributed by atoms with Crippen LogP contribution >= 0.6 is 0 Å². The lowest BCUT2D eigenvalue weighted by Crippen LogP contribution is -2.19. The summed E-state index contributed by atoms with van der Waals surface area (Å²) in [5.74, 6) is -0.00667. The molecule has 1 aromatic rings. The van der Waals surface area contributed by atoms with Gasteiger partial charge in [-0.3, -0.25) is 4.79 Å². The first-order valence-electron chi connectivity index (χ1n) is 5.51. The molecule has 2 heteroatoms. The summed E-state index contributed by atoms with van der Waals surface area (Å²) < 4.78 is 0. The fourth-order valence-electron chi connectivity index (χ4n) is 1.45. The van der Waals surface area contributed by atoms with Crippen molar-refractivity contribution in [2.45, 2.75) is 34.1 Å². The minimum Gasteiger partial charge on any atom is -0.355 e. The molecule has 2 nitrogen and oxygen atoms in total. The molecule has 1 N–H and O–H groups in total.